The summed E-state index contributed by atoms with van der Waals surface area (Å²) in [5.74, 6) is -3.15. The highest BCUT2D eigenvalue weighted by Gasteiger charge is 2.56. The number of nitrogens with one attached hydrogen (secondary N) is 2. The van der Waals surface area contributed by atoms with Gasteiger partial charge in [0.1, 0.15) is 18.3 Å². The summed E-state index contributed by atoms with van der Waals surface area (Å²) in [6.07, 6.45) is -4.53. The maximum atomic E-state index is 11.0. The van der Waals surface area contributed by atoms with E-state index < -0.39 is 42.8 Å². The first-order valence-electron chi connectivity index (χ1n) is 5.31. The van der Waals surface area contributed by atoms with Crippen LogP contribution in [0, 0.1) is 0 Å². The molecule has 1 rings (SSSR count). The number of carbonyl (C=O) groups is 1. The summed E-state index contributed by atoms with van der Waals surface area (Å²) >= 11 is 0. The summed E-state index contributed by atoms with van der Waals surface area (Å²) < 4.78 is 4.94. The zero-order chi connectivity index (χ0) is 14.6. The molecular formula is C8H15N5O6. The van der Waals surface area contributed by atoms with E-state index in [-0.39, 0.29) is 0 Å². The van der Waals surface area contributed by atoms with E-state index in [9.17, 15) is 20.1 Å². The quantitative estimate of drug-likeness (QED) is 0.104. The van der Waals surface area contributed by atoms with Gasteiger partial charge in [-0.05, 0) is 5.22 Å². The van der Waals surface area contributed by atoms with Gasteiger partial charge in [-0.15, -0.1) is 5.53 Å². The summed E-state index contributed by atoms with van der Waals surface area (Å²) in [7, 11) is 0. The average Bonchev–Trinajstić information content (AvgIpc) is 2.33. The third-order valence-corrected chi connectivity index (χ3v) is 2.60. The smallest absolute Gasteiger partial charge is 0.295 e. The first-order chi connectivity index (χ1) is 8.85. The normalized spacial score (nSPS) is 38.2. The van der Waals surface area contributed by atoms with Crippen molar-refractivity contribution in [3.8, 4) is 0 Å². The lowest BCUT2D eigenvalue weighted by molar-refractivity contribution is -0.329. The molecule has 1 saturated heterocycles. The van der Waals surface area contributed by atoms with Gasteiger partial charge in [0, 0.05) is 6.92 Å². The van der Waals surface area contributed by atoms with Crippen molar-refractivity contribution < 1.29 is 30.0 Å². The average molecular weight is 277 g/mol. The number of nitrogens with zero attached hydrogens (tertiary/aromatic N) is 3. The Morgan fingerprint density at radius 2 is 2.16 bits per heavy atom. The van der Waals surface area contributed by atoms with Crippen molar-refractivity contribution in [3.05, 3.63) is 10.4 Å². The minimum absolute atomic E-state index is 0.699. The van der Waals surface area contributed by atoms with E-state index in [2.05, 4.69) is 10.1 Å². The topological polar surface area (TPSA) is 180 Å². The molecule has 1 fully saturated rings. The number of hydrogen-bond acceptors (Lipinski definition) is 7. The minimum Gasteiger partial charge on any atom is -0.394 e. The molecule has 108 valence electrons. The number of amides is 1. The highest BCUT2D eigenvalue weighted by molar-refractivity contribution is 5.73. The van der Waals surface area contributed by atoms with Crippen LogP contribution >= 0.6 is 0 Å². The zero-order valence-corrected chi connectivity index (χ0v) is 9.96. The second kappa shape index (κ2) is 6.02. The first-order valence-corrected chi connectivity index (χ1v) is 5.31. The molecule has 11 nitrogen and oxygen atoms in total. The molecule has 0 aromatic carbocycles. The van der Waals surface area contributed by atoms with Crippen LogP contribution in [0.2, 0.25) is 0 Å². The molecule has 1 aliphatic rings. The molecule has 19 heavy (non-hydrogen) atoms. The van der Waals surface area contributed by atoms with Crippen LogP contribution in [0.25, 0.3) is 10.4 Å². The van der Waals surface area contributed by atoms with Crippen molar-refractivity contribution in [2.75, 3.05) is 6.61 Å². The Balaban J connectivity index is 3.04. The fourth-order valence-corrected chi connectivity index (χ4v) is 1.78. The molecule has 1 unspecified atom stereocenters. The molecule has 1 heterocycles. The van der Waals surface area contributed by atoms with Crippen LogP contribution in [0.5, 0.6) is 0 Å². The highest BCUT2D eigenvalue weighted by Crippen LogP contribution is 2.26. The van der Waals surface area contributed by atoms with E-state index >= 15 is 0 Å². The molecule has 0 saturated carbocycles. The van der Waals surface area contributed by atoms with Crippen LogP contribution in [-0.2, 0) is 9.53 Å². The Kier molecular flexibility index (Phi) is 4.89. The van der Waals surface area contributed by atoms with E-state index in [1.165, 1.54) is 0 Å². The molecule has 0 aromatic heterocycles. The molecular weight excluding hydrogens is 262 g/mol. The maximum Gasteiger partial charge on any atom is 0.295 e. The minimum atomic E-state index is -2.45. The van der Waals surface area contributed by atoms with Crippen LogP contribution in [0.1, 0.15) is 6.92 Å². The molecule has 5 atom stereocenters. The molecule has 0 aromatic rings. The lowest BCUT2D eigenvalue weighted by atomic mass is 9.94. The number of rotatable bonds is 4. The molecule has 6 N–H and O–H groups in total. The summed E-state index contributed by atoms with van der Waals surface area (Å²) in [4.78, 5) is 13.4. The van der Waals surface area contributed by atoms with E-state index in [1.807, 2.05) is 10.7 Å². The Bertz CT molecular complexity index is 388. The fraction of sp³-hybridized carbons (Fsp3) is 0.875. The highest BCUT2D eigenvalue weighted by atomic mass is 16.7. The second-order valence-corrected chi connectivity index (χ2v) is 3.99. The molecule has 11 heteroatoms. The Labute approximate surface area is 107 Å². The van der Waals surface area contributed by atoms with Crippen LogP contribution in [0.4, 0.5) is 0 Å². The first kappa shape index (κ1) is 15.4. The predicted octanol–water partition coefficient (Wildman–Crippen LogP) is -2.93. The van der Waals surface area contributed by atoms with Gasteiger partial charge in [0.2, 0.25) is 5.91 Å². The molecule has 1 aliphatic heterocycles. The van der Waals surface area contributed by atoms with E-state index in [0.717, 1.165) is 6.92 Å². The van der Waals surface area contributed by atoms with Gasteiger partial charge in [0.05, 0.1) is 6.61 Å². The number of aliphatic hydroxyl groups excluding tert-OH is 3. The number of azide groups is 1. The third kappa shape index (κ3) is 3.23. The van der Waals surface area contributed by atoms with Crippen LogP contribution < -0.4 is 10.7 Å². The molecule has 0 aliphatic carbocycles. The van der Waals surface area contributed by atoms with E-state index in [0.29, 0.717) is 0 Å². The summed E-state index contributed by atoms with van der Waals surface area (Å²) in [6.45, 7) is 0.381. The van der Waals surface area contributed by atoms with Gasteiger partial charge in [-0.3, -0.25) is 4.79 Å². The summed E-state index contributed by atoms with van der Waals surface area (Å²) in [5.41, 5.74) is 10.2. The lowest BCUT2D eigenvalue weighted by Crippen LogP contribution is -2.74. The number of hydrogen-bond donors (Lipinski definition) is 6. The van der Waals surface area contributed by atoms with Gasteiger partial charge < -0.3 is 30.5 Å². The van der Waals surface area contributed by atoms with Gasteiger partial charge in [-0.25, -0.2) is 5.43 Å². The molecule has 1 amide bonds. The third-order valence-electron chi connectivity index (χ3n) is 2.60. The summed E-state index contributed by atoms with van der Waals surface area (Å²) in [6, 6.07) is -1.52. The maximum absolute atomic E-state index is 11.0. The monoisotopic (exact) mass is 277 g/mol. The zero-order valence-electron chi connectivity index (χ0n) is 9.96. The fourth-order valence-electron chi connectivity index (χ4n) is 1.78. The van der Waals surface area contributed by atoms with Crippen molar-refractivity contribution in [3.63, 3.8) is 0 Å². The van der Waals surface area contributed by atoms with E-state index in [4.69, 9.17) is 15.4 Å². The van der Waals surface area contributed by atoms with Crippen molar-refractivity contribution in [2.24, 2.45) is 5.22 Å². The summed E-state index contributed by atoms with van der Waals surface area (Å²) in [5, 5.41) is 43.5. The van der Waals surface area contributed by atoms with Crippen LogP contribution in [-0.4, -0.2) is 63.2 Å². The molecule has 0 bridgehead atoms. The van der Waals surface area contributed by atoms with Gasteiger partial charge in [0.25, 0.3) is 5.91 Å². The SMILES string of the molecule is CC(=O)NC1(O)O[C@H](CO)[C@@H](O)[C@H](O)[C@H]1NN=[N+]=[N-]. The van der Waals surface area contributed by atoms with Crippen molar-refractivity contribution in [2.45, 2.75) is 37.2 Å². The van der Waals surface area contributed by atoms with Crippen molar-refractivity contribution >= 4 is 5.91 Å². The predicted molar refractivity (Wildman–Crippen MR) is 58.8 cm³/mol. The standard InChI is InChI=1S/C8H15N5O6/c1-3(15)10-8(18)7(11-13-12-9)6(17)5(16)4(2-14)19-8/h4-7,11,14,16-18H,2H2,1H3,(H,10,15)/t4-,5-,6+,7-,8?/m1/s1. The van der Waals surface area contributed by atoms with Gasteiger partial charge >= 0.3 is 0 Å². The van der Waals surface area contributed by atoms with Crippen LogP contribution in [0.3, 0.4) is 0 Å². The lowest BCUT2D eigenvalue weighted by Gasteiger charge is -2.45. The Hall–Kier alpha value is -1.62. The largest absolute Gasteiger partial charge is 0.394 e. The van der Waals surface area contributed by atoms with E-state index in [1.54, 1.807) is 0 Å². The second-order valence-electron chi connectivity index (χ2n) is 3.99. The van der Waals surface area contributed by atoms with Crippen molar-refractivity contribution in [1.82, 2.24) is 10.7 Å². The van der Waals surface area contributed by atoms with Gasteiger partial charge in [0.15, 0.2) is 6.04 Å². The number of aliphatic hydroxyl groups is 4. The Morgan fingerprint density at radius 1 is 1.53 bits per heavy atom. The molecule has 0 radical (unpaired) electrons. The number of carbonyl (C=O) groups excluding carboxylic acids is 1. The van der Waals surface area contributed by atoms with Gasteiger partial charge in [-0.1, -0.05) is 0 Å². The number of ether oxygens (including phenoxy) is 1. The molecule has 0 spiro atoms. The van der Waals surface area contributed by atoms with Gasteiger partial charge in [-0.2, -0.15) is 4.91 Å². The van der Waals surface area contributed by atoms with Crippen LogP contribution in [0.15, 0.2) is 5.22 Å². The Morgan fingerprint density at radius 3 is 2.63 bits per heavy atom. The van der Waals surface area contributed by atoms with Crippen molar-refractivity contribution in [1.29, 1.82) is 0 Å².